The Morgan fingerprint density at radius 1 is 0.516 bits per heavy atom. The van der Waals surface area contributed by atoms with Gasteiger partial charge in [-0.2, -0.15) is 0 Å². The molecule has 0 spiro atoms. The van der Waals surface area contributed by atoms with Gasteiger partial charge in [0.1, 0.15) is 17.1 Å². The van der Waals surface area contributed by atoms with Crippen LogP contribution in [0.1, 0.15) is 0 Å². The minimum atomic E-state index is 0. The number of rotatable bonds is 6. The summed E-state index contributed by atoms with van der Waals surface area (Å²) in [6.45, 7) is 0. The summed E-state index contributed by atoms with van der Waals surface area (Å²) in [7, 11) is 0. The number of hydrogen-bond donors (Lipinski definition) is 3. The fraction of sp³-hybridized carbons (Fsp3) is 0. The number of nitroso groups, excluding NO2 is 3. The maximum absolute atomic E-state index is 10.0. The number of benzene rings is 3. The Morgan fingerprint density at radius 2 is 0.774 bits per heavy atom. The van der Waals surface area contributed by atoms with E-state index in [1.54, 1.807) is 52.8 Å². The molecule has 3 aromatic rings. The topological polar surface area (TPSA) is 194 Å². The average Bonchev–Trinajstić information content (AvgIpc) is 2.84. The standard InChI is InChI=1S/3C6H5N2O2.Al/c3*9-7-5-2-1-3-6(4-5)8-10;/h3*1-4,7H;/q3*-1;+3. The third-order valence-corrected chi connectivity index (χ3v) is 3.21. The van der Waals surface area contributed by atoms with Gasteiger partial charge in [0.15, 0.2) is 0 Å². The van der Waals surface area contributed by atoms with E-state index in [2.05, 4.69) is 15.5 Å². The van der Waals surface area contributed by atoms with Crippen molar-refractivity contribution >= 4 is 51.5 Å². The Balaban J connectivity index is 0.000000429. The maximum Gasteiger partial charge on any atom is 3.00 e. The summed E-state index contributed by atoms with van der Waals surface area (Å²) >= 11 is 0. The Labute approximate surface area is 186 Å². The Bertz CT molecular complexity index is 840. The molecular weight excluding hydrogens is 423 g/mol. The molecule has 0 atom stereocenters. The second kappa shape index (κ2) is 16.1. The van der Waals surface area contributed by atoms with Crippen molar-refractivity contribution < 1.29 is 0 Å². The largest absolute Gasteiger partial charge is 3.00 e. The Hall–Kier alpha value is -3.73. The first-order chi connectivity index (χ1) is 14.6. The van der Waals surface area contributed by atoms with Crippen LogP contribution in [-0.2, 0) is 0 Å². The van der Waals surface area contributed by atoms with E-state index in [1.807, 2.05) is 0 Å². The van der Waals surface area contributed by atoms with Crippen LogP contribution in [0.2, 0.25) is 0 Å². The number of hydrogen-bond acceptors (Lipinski definition) is 12. The monoisotopic (exact) mass is 438 g/mol. The minimum absolute atomic E-state index is 0. The first-order valence-corrected chi connectivity index (χ1v) is 8.05. The van der Waals surface area contributed by atoms with Crippen molar-refractivity contribution in [1.82, 2.24) is 0 Å². The molecule has 0 amide bonds. The summed E-state index contributed by atoms with van der Waals surface area (Å²) in [6, 6.07) is 18.1. The molecule has 3 aromatic carbocycles. The van der Waals surface area contributed by atoms with E-state index in [-0.39, 0.29) is 34.4 Å². The van der Waals surface area contributed by atoms with Crippen LogP contribution >= 0.6 is 0 Å². The molecule has 3 N–H and O–H groups in total. The normalized spacial score (nSPS) is 8.61. The molecule has 0 aliphatic carbocycles. The van der Waals surface area contributed by atoms with E-state index >= 15 is 0 Å². The summed E-state index contributed by atoms with van der Waals surface area (Å²) in [5.74, 6) is 0. The van der Waals surface area contributed by atoms with Crippen molar-refractivity contribution in [2.75, 3.05) is 16.4 Å². The number of nitrogens with zero attached hydrogens (tertiary/aromatic N) is 3. The van der Waals surface area contributed by atoms with Gasteiger partial charge in [-0.25, -0.2) is 0 Å². The molecule has 3 rings (SSSR count). The van der Waals surface area contributed by atoms with Gasteiger partial charge in [-0.05, 0) is 70.1 Å². The molecule has 156 valence electrons. The molecule has 0 saturated carbocycles. The first kappa shape index (κ1) is 27.3. The predicted octanol–water partition coefficient (Wildman–Crippen LogP) is 5.60. The SMILES string of the molecule is O=Nc1cccc(N[O-])c1.O=Nc1cccc(N[O-])c1.O=Nc1cccc(N[O-])c1.[Al+3]. The number of nitrogens with one attached hydrogen (secondary N) is 3. The van der Waals surface area contributed by atoms with Gasteiger partial charge >= 0.3 is 17.4 Å². The van der Waals surface area contributed by atoms with Crippen LogP contribution in [0, 0.1) is 30.3 Å². The summed E-state index contributed by atoms with van der Waals surface area (Å²) in [5.41, 5.74) is 6.74. The van der Waals surface area contributed by atoms with Crippen LogP contribution in [0.4, 0.5) is 34.1 Å². The average molecular weight is 438 g/mol. The second-order valence-electron chi connectivity index (χ2n) is 5.23. The smallest absolute Gasteiger partial charge is 0.761 e. The van der Waals surface area contributed by atoms with Crippen LogP contribution < -0.4 is 16.4 Å². The zero-order chi connectivity index (χ0) is 22.2. The van der Waals surface area contributed by atoms with Gasteiger partial charge in [0.05, 0.1) is 0 Å². The summed E-state index contributed by atoms with van der Waals surface area (Å²) in [4.78, 5) is 29.7. The third-order valence-electron chi connectivity index (χ3n) is 3.21. The zero-order valence-electron chi connectivity index (χ0n) is 15.8. The Kier molecular flexibility index (Phi) is 14.2. The van der Waals surface area contributed by atoms with Crippen molar-refractivity contribution in [3.05, 3.63) is 103 Å². The molecule has 0 aromatic heterocycles. The molecule has 0 aliphatic heterocycles. The maximum atomic E-state index is 10.0. The van der Waals surface area contributed by atoms with Gasteiger partial charge in [-0.15, -0.1) is 14.7 Å². The molecule has 0 saturated heterocycles. The molecule has 0 fully saturated rings. The van der Waals surface area contributed by atoms with E-state index in [1.165, 1.54) is 36.4 Å². The summed E-state index contributed by atoms with van der Waals surface area (Å²) in [5, 5.41) is 38.0. The quantitative estimate of drug-likeness (QED) is 0.249. The molecule has 13 heteroatoms. The van der Waals surface area contributed by atoms with Gasteiger partial charge in [0.25, 0.3) is 0 Å². The van der Waals surface area contributed by atoms with E-state index < -0.39 is 0 Å². The molecule has 31 heavy (non-hydrogen) atoms. The fourth-order valence-corrected chi connectivity index (χ4v) is 1.88. The van der Waals surface area contributed by atoms with Crippen LogP contribution in [0.25, 0.3) is 0 Å². The molecular formula is C18H15AlN6O6. The van der Waals surface area contributed by atoms with Crippen molar-refractivity contribution in [3.63, 3.8) is 0 Å². The van der Waals surface area contributed by atoms with Crippen molar-refractivity contribution in [1.29, 1.82) is 0 Å². The van der Waals surface area contributed by atoms with Gasteiger partial charge < -0.3 is 32.1 Å². The fourth-order valence-electron chi connectivity index (χ4n) is 1.88. The predicted molar refractivity (Wildman–Crippen MR) is 122 cm³/mol. The van der Waals surface area contributed by atoms with Crippen LogP contribution in [0.3, 0.4) is 0 Å². The molecule has 12 nitrogen and oxygen atoms in total. The zero-order valence-corrected chi connectivity index (χ0v) is 17.0. The molecule has 0 aliphatic rings. The van der Waals surface area contributed by atoms with Gasteiger partial charge in [0.2, 0.25) is 0 Å². The molecule has 0 heterocycles. The number of anilines is 3. The summed E-state index contributed by atoms with van der Waals surface area (Å²) < 4.78 is 0. The van der Waals surface area contributed by atoms with E-state index in [0.717, 1.165) is 0 Å². The molecule has 0 bridgehead atoms. The summed E-state index contributed by atoms with van der Waals surface area (Å²) in [6.07, 6.45) is 0. The Morgan fingerprint density at radius 3 is 0.968 bits per heavy atom. The molecule has 0 radical (unpaired) electrons. The van der Waals surface area contributed by atoms with Gasteiger partial charge in [-0.1, -0.05) is 18.2 Å². The van der Waals surface area contributed by atoms with Crippen molar-refractivity contribution in [2.45, 2.75) is 0 Å². The van der Waals surface area contributed by atoms with Crippen molar-refractivity contribution in [2.24, 2.45) is 15.5 Å². The van der Waals surface area contributed by atoms with E-state index in [4.69, 9.17) is 0 Å². The van der Waals surface area contributed by atoms with Gasteiger partial charge in [-0.3, -0.25) is 0 Å². The third kappa shape index (κ3) is 10.6. The van der Waals surface area contributed by atoms with Crippen LogP contribution in [0.5, 0.6) is 0 Å². The van der Waals surface area contributed by atoms with Crippen molar-refractivity contribution in [3.8, 4) is 0 Å². The minimum Gasteiger partial charge on any atom is -0.761 e. The van der Waals surface area contributed by atoms with Crippen LogP contribution in [-0.4, -0.2) is 17.4 Å². The van der Waals surface area contributed by atoms with E-state index in [9.17, 15) is 30.3 Å². The van der Waals surface area contributed by atoms with Gasteiger partial charge in [0, 0.05) is 17.1 Å². The van der Waals surface area contributed by atoms with E-state index in [0.29, 0.717) is 17.1 Å². The second-order valence-corrected chi connectivity index (χ2v) is 5.23. The first-order valence-electron chi connectivity index (χ1n) is 8.05. The van der Waals surface area contributed by atoms with Crippen LogP contribution in [0.15, 0.2) is 88.3 Å². The molecule has 0 unspecified atom stereocenters.